The van der Waals surface area contributed by atoms with Crippen molar-refractivity contribution in [2.45, 2.75) is 69.1 Å². The summed E-state index contributed by atoms with van der Waals surface area (Å²) in [6.45, 7) is 0.588. The van der Waals surface area contributed by atoms with E-state index in [4.69, 9.17) is 28.7 Å². The zero-order chi connectivity index (χ0) is 28.4. The summed E-state index contributed by atoms with van der Waals surface area (Å²) in [6.07, 6.45) is 1.87. The second-order valence-electron chi connectivity index (χ2n) is 9.28. The van der Waals surface area contributed by atoms with E-state index < -0.39 is 60.1 Å². The number of carbonyl (C=O) groups is 6. The number of likely N-dealkylation sites (tertiary alicyclic amines) is 2. The van der Waals surface area contributed by atoms with Gasteiger partial charge in [0.25, 0.3) is 0 Å². The first-order valence-corrected chi connectivity index (χ1v) is 12.5. The Balaban J connectivity index is 2.18. The lowest BCUT2D eigenvalue weighted by Crippen LogP contribution is -2.58. The van der Waals surface area contributed by atoms with Gasteiger partial charge in [-0.25, -0.2) is 0 Å². The third-order valence-electron chi connectivity index (χ3n) is 6.51. The summed E-state index contributed by atoms with van der Waals surface area (Å²) in [5.41, 5.74) is 26.6. The first kappa shape index (κ1) is 30.3. The Kier molecular flexibility index (Phi) is 11.2. The van der Waals surface area contributed by atoms with E-state index in [9.17, 15) is 28.8 Å². The average Bonchev–Trinajstić information content (AvgIpc) is 3.54. The highest BCUT2D eigenvalue weighted by Crippen LogP contribution is 2.22. The van der Waals surface area contributed by atoms with Crippen molar-refractivity contribution in [3.63, 3.8) is 0 Å². The van der Waals surface area contributed by atoms with Crippen LogP contribution in [0, 0.1) is 0 Å². The molecule has 0 bridgehead atoms. The van der Waals surface area contributed by atoms with Crippen LogP contribution >= 0.6 is 0 Å². The molecular weight excluding hydrogens is 500 g/mol. The molecule has 2 aliphatic heterocycles. The summed E-state index contributed by atoms with van der Waals surface area (Å²) in [7, 11) is 0. The Morgan fingerprint density at radius 3 is 1.92 bits per heavy atom. The Bertz CT molecular complexity index is 953. The molecule has 2 fully saturated rings. The van der Waals surface area contributed by atoms with Crippen LogP contribution in [0.4, 0.5) is 0 Å². The first-order valence-electron chi connectivity index (χ1n) is 12.5. The van der Waals surface area contributed by atoms with E-state index in [2.05, 4.69) is 15.6 Å². The third-order valence-corrected chi connectivity index (χ3v) is 6.51. The predicted molar refractivity (Wildman–Crippen MR) is 135 cm³/mol. The molecule has 0 aromatic rings. The van der Waals surface area contributed by atoms with Crippen LogP contribution in [0.15, 0.2) is 4.99 Å². The van der Waals surface area contributed by atoms with Crippen molar-refractivity contribution < 1.29 is 28.8 Å². The quantitative estimate of drug-likeness (QED) is 0.0673. The maximum Gasteiger partial charge on any atom is 0.245 e. The van der Waals surface area contributed by atoms with Gasteiger partial charge in [-0.2, -0.15) is 0 Å². The largest absolute Gasteiger partial charge is 0.370 e. The maximum atomic E-state index is 13.6. The number of rotatable bonds is 13. The number of aliphatic imine (C=N–C) groups is 1. The van der Waals surface area contributed by atoms with Crippen LogP contribution in [-0.2, 0) is 28.8 Å². The molecule has 0 aliphatic carbocycles. The number of guanidine groups is 1. The van der Waals surface area contributed by atoms with Gasteiger partial charge in [0.15, 0.2) is 5.96 Å². The fourth-order valence-electron chi connectivity index (χ4n) is 4.68. The van der Waals surface area contributed by atoms with Crippen LogP contribution in [0.1, 0.15) is 44.9 Å². The molecule has 0 spiro atoms. The van der Waals surface area contributed by atoms with Crippen molar-refractivity contribution in [2.75, 3.05) is 26.2 Å². The number of carbonyl (C=O) groups excluding carboxylic acids is 6. The van der Waals surface area contributed by atoms with E-state index in [1.54, 1.807) is 0 Å². The molecule has 4 atom stereocenters. The second-order valence-corrected chi connectivity index (χ2v) is 9.28. The van der Waals surface area contributed by atoms with Crippen LogP contribution in [0.25, 0.3) is 0 Å². The molecule has 0 saturated carbocycles. The Hall–Kier alpha value is -3.95. The lowest BCUT2D eigenvalue weighted by Gasteiger charge is -2.31. The van der Waals surface area contributed by atoms with Crippen molar-refractivity contribution in [2.24, 2.45) is 33.7 Å². The number of nitrogens with zero attached hydrogens (tertiary/aromatic N) is 3. The molecule has 0 radical (unpaired) electrons. The number of hydrogen-bond acceptors (Lipinski definition) is 8. The molecule has 212 valence electrons. The number of nitrogens with one attached hydrogen (secondary N) is 2. The van der Waals surface area contributed by atoms with Crippen molar-refractivity contribution in [1.82, 2.24) is 20.4 Å². The molecule has 38 heavy (non-hydrogen) atoms. The standard InChI is InChI=1S/C22H38N10O6/c23-11-17(34)31-8-2-5-14(31)19(36)29-12(4-1-7-28-22(26)27)21(38)32-9-3-6-15(32)20(37)30-13(18(25)35)10-16(24)33/h12-15H,1-11,23H2,(H2,24,33)(H2,25,35)(H,29,36)(H,30,37)(H4,26,27,28)/t12-,13-,14-,15-/m0/s1. The first-order chi connectivity index (χ1) is 18.0. The molecule has 0 aromatic heterocycles. The van der Waals surface area contributed by atoms with E-state index >= 15 is 0 Å². The minimum Gasteiger partial charge on any atom is -0.370 e. The van der Waals surface area contributed by atoms with Gasteiger partial charge in [-0.15, -0.1) is 0 Å². The summed E-state index contributed by atoms with van der Waals surface area (Å²) >= 11 is 0. The Morgan fingerprint density at radius 1 is 0.842 bits per heavy atom. The second kappa shape index (κ2) is 14.1. The molecule has 6 amide bonds. The topological polar surface area (TPSA) is 275 Å². The van der Waals surface area contributed by atoms with E-state index in [0.717, 1.165) is 0 Å². The zero-order valence-electron chi connectivity index (χ0n) is 21.3. The summed E-state index contributed by atoms with van der Waals surface area (Å²) in [5, 5.41) is 5.13. The SMILES string of the molecule is NCC(=O)N1CCC[C@H]1C(=O)N[C@@H](CCCN=C(N)N)C(=O)N1CCC[C@H]1C(=O)N[C@@H](CC(N)=O)C(N)=O. The highest BCUT2D eigenvalue weighted by molar-refractivity contribution is 5.96. The highest BCUT2D eigenvalue weighted by Gasteiger charge is 2.40. The van der Waals surface area contributed by atoms with Gasteiger partial charge in [-0.05, 0) is 38.5 Å². The van der Waals surface area contributed by atoms with Gasteiger partial charge in [0, 0.05) is 19.6 Å². The summed E-state index contributed by atoms with van der Waals surface area (Å²) < 4.78 is 0. The minimum absolute atomic E-state index is 0.116. The molecule has 12 N–H and O–H groups in total. The zero-order valence-corrected chi connectivity index (χ0v) is 21.3. The molecule has 0 aromatic carbocycles. The monoisotopic (exact) mass is 538 g/mol. The van der Waals surface area contributed by atoms with Crippen molar-refractivity contribution in [1.29, 1.82) is 0 Å². The van der Waals surface area contributed by atoms with Crippen LogP contribution in [0.5, 0.6) is 0 Å². The lowest BCUT2D eigenvalue weighted by molar-refractivity contribution is -0.143. The maximum absolute atomic E-state index is 13.6. The fourth-order valence-corrected chi connectivity index (χ4v) is 4.68. The molecule has 16 nitrogen and oxygen atoms in total. The number of hydrogen-bond donors (Lipinski definition) is 7. The Labute approximate surface area is 220 Å². The number of primary amides is 2. The smallest absolute Gasteiger partial charge is 0.245 e. The van der Waals surface area contributed by atoms with Crippen LogP contribution in [0.2, 0.25) is 0 Å². The average molecular weight is 539 g/mol. The van der Waals surface area contributed by atoms with Crippen molar-refractivity contribution in [3.8, 4) is 0 Å². The molecular formula is C22H38N10O6. The highest BCUT2D eigenvalue weighted by atomic mass is 16.2. The van der Waals surface area contributed by atoms with Gasteiger partial charge in [0.05, 0.1) is 13.0 Å². The molecule has 16 heteroatoms. The number of amides is 6. The van der Waals surface area contributed by atoms with Crippen LogP contribution in [-0.4, -0.2) is 102 Å². The van der Waals surface area contributed by atoms with Gasteiger partial charge < -0.3 is 49.1 Å². The summed E-state index contributed by atoms with van der Waals surface area (Å²) in [4.78, 5) is 81.3. The van der Waals surface area contributed by atoms with Gasteiger partial charge in [-0.3, -0.25) is 33.8 Å². The molecule has 0 unspecified atom stereocenters. The molecule has 2 aliphatic rings. The molecule has 2 saturated heterocycles. The van der Waals surface area contributed by atoms with Crippen LogP contribution in [0.3, 0.4) is 0 Å². The van der Waals surface area contributed by atoms with E-state index in [0.29, 0.717) is 38.6 Å². The normalized spacial score (nSPS) is 20.3. The number of nitrogens with two attached hydrogens (primary N) is 5. The minimum atomic E-state index is -1.32. The van der Waals surface area contributed by atoms with Crippen LogP contribution < -0.4 is 39.3 Å². The Morgan fingerprint density at radius 2 is 1.39 bits per heavy atom. The van der Waals surface area contributed by atoms with Gasteiger partial charge in [0.1, 0.15) is 24.2 Å². The predicted octanol–water partition coefficient (Wildman–Crippen LogP) is -4.69. The lowest BCUT2D eigenvalue weighted by atomic mass is 10.1. The van der Waals surface area contributed by atoms with Gasteiger partial charge in [0.2, 0.25) is 35.4 Å². The van der Waals surface area contributed by atoms with E-state index in [1.165, 1.54) is 9.80 Å². The van der Waals surface area contributed by atoms with Gasteiger partial charge in [-0.1, -0.05) is 0 Å². The summed E-state index contributed by atoms with van der Waals surface area (Å²) in [5.74, 6) is -3.93. The van der Waals surface area contributed by atoms with E-state index in [1.807, 2.05) is 0 Å². The van der Waals surface area contributed by atoms with Gasteiger partial charge >= 0.3 is 0 Å². The van der Waals surface area contributed by atoms with E-state index in [-0.39, 0.29) is 37.9 Å². The molecule has 2 rings (SSSR count). The molecule has 2 heterocycles. The summed E-state index contributed by atoms with van der Waals surface area (Å²) in [6, 6.07) is -4.06. The fraction of sp³-hybridized carbons (Fsp3) is 0.682. The van der Waals surface area contributed by atoms with Crippen molar-refractivity contribution >= 4 is 41.4 Å². The van der Waals surface area contributed by atoms with Crippen molar-refractivity contribution in [3.05, 3.63) is 0 Å². The third kappa shape index (κ3) is 8.29.